The van der Waals surface area contributed by atoms with Crippen LogP contribution >= 0.6 is 0 Å². The Labute approximate surface area is 78.6 Å². The average Bonchev–Trinajstić information content (AvgIpc) is 2.14. The average molecular weight is 187 g/mol. The van der Waals surface area contributed by atoms with Gasteiger partial charge in [-0.15, -0.1) is 0 Å². The minimum absolute atomic E-state index is 0.0212. The summed E-state index contributed by atoms with van der Waals surface area (Å²) in [6, 6.07) is -0.470. The smallest absolute Gasteiger partial charge is 0.407 e. The first-order valence-electron chi connectivity index (χ1n) is 4.41. The van der Waals surface area contributed by atoms with E-state index in [0.29, 0.717) is 0 Å². The van der Waals surface area contributed by atoms with Crippen molar-refractivity contribution >= 4 is 11.9 Å². The Bertz CT molecular complexity index is 191. The lowest BCUT2D eigenvalue weighted by atomic mass is 9.99. The Kier molecular flexibility index (Phi) is 5.11. The number of nitrogens with one attached hydrogen (secondary N) is 1. The van der Waals surface area contributed by atoms with E-state index in [1.54, 1.807) is 6.92 Å². The van der Waals surface area contributed by atoms with Gasteiger partial charge in [0.2, 0.25) is 0 Å². The van der Waals surface area contributed by atoms with E-state index in [1.165, 1.54) is 7.11 Å². The molecule has 4 heteroatoms. The number of ketones is 1. The van der Waals surface area contributed by atoms with Crippen molar-refractivity contribution in [2.75, 3.05) is 7.11 Å². The van der Waals surface area contributed by atoms with Crippen molar-refractivity contribution in [3.05, 3.63) is 0 Å². The van der Waals surface area contributed by atoms with E-state index in [0.717, 1.165) is 6.42 Å². The molecule has 1 amide bonds. The molecular formula is C9H17NO3. The maximum absolute atomic E-state index is 11.5. The molecule has 0 aromatic rings. The maximum atomic E-state index is 11.5. The molecule has 0 radical (unpaired) electrons. The van der Waals surface area contributed by atoms with E-state index in [-0.39, 0.29) is 11.7 Å². The molecule has 0 aromatic heterocycles. The van der Waals surface area contributed by atoms with E-state index in [1.807, 2.05) is 13.8 Å². The molecule has 0 fully saturated rings. The zero-order valence-electron chi connectivity index (χ0n) is 8.59. The zero-order chi connectivity index (χ0) is 10.4. The summed E-state index contributed by atoms with van der Waals surface area (Å²) in [6.07, 6.45) is 0.218. The topological polar surface area (TPSA) is 55.4 Å². The van der Waals surface area contributed by atoms with Crippen LogP contribution < -0.4 is 5.32 Å². The zero-order valence-corrected chi connectivity index (χ0v) is 8.59. The molecule has 4 nitrogen and oxygen atoms in total. The van der Waals surface area contributed by atoms with Gasteiger partial charge in [0.1, 0.15) is 0 Å². The lowest BCUT2D eigenvalue weighted by Gasteiger charge is -2.15. The number of hydrogen-bond acceptors (Lipinski definition) is 3. The molecule has 2 unspecified atom stereocenters. The van der Waals surface area contributed by atoms with Gasteiger partial charge in [-0.25, -0.2) is 4.79 Å². The second-order valence-corrected chi connectivity index (χ2v) is 3.07. The predicted molar refractivity (Wildman–Crippen MR) is 49.5 cm³/mol. The Hall–Kier alpha value is -1.06. The summed E-state index contributed by atoms with van der Waals surface area (Å²) in [5, 5.41) is 2.43. The van der Waals surface area contributed by atoms with Crippen molar-refractivity contribution in [2.45, 2.75) is 33.2 Å². The third-order valence-electron chi connectivity index (χ3n) is 2.04. The van der Waals surface area contributed by atoms with Crippen LogP contribution in [-0.4, -0.2) is 25.0 Å². The van der Waals surface area contributed by atoms with Gasteiger partial charge in [0.05, 0.1) is 13.2 Å². The molecule has 76 valence electrons. The highest BCUT2D eigenvalue weighted by atomic mass is 16.5. The number of carbonyl (C=O) groups excluding carboxylic acids is 2. The van der Waals surface area contributed by atoms with Crippen molar-refractivity contribution in [1.82, 2.24) is 5.32 Å². The van der Waals surface area contributed by atoms with Gasteiger partial charge in [0.25, 0.3) is 0 Å². The van der Waals surface area contributed by atoms with Gasteiger partial charge in [0, 0.05) is 5.92 Å². The molecule has 0 aliphatic rings. The van der Waals surface area contributed by atoms with Gasteiger partial charge < -0.3 is 10.1 Å². The number of ether oxygens (including phenoxy) is 1. The number of alkyl carbamates (subject to hydrolysis) is 1. The highest BCUT2D eigenvalue weighted by Crippen LogP contribution is 2.05. The number of Topliss-reactive ketones (excluding diaryl/α,β-unsaturated/α-hetero) is 1. The van der Waals surface area contributed by atoms with E-state index in [4.69, 9.17) is 0 Å². The van der Waals surface area contributed by atoms with Gasteiger partial charge >= 0.3 is 6.09 Å². The van der Waals surface area contributed by atoms with Crippen molar-refractivity contribution in [1.29, 1.82) is 0 Å². The number of amides is 1. The van der Waals surface area contributed by atoms with Crippen LogP contribution in [0.4, 0.5) is 4.79 Å². The molecule has 13 heavy (non-hydrogen) atoms. The van der Waals surface area contributed by atoms with Crippen LogP contribution in [0.1, 0.15) is 27.2 Å². The molecule has 0 heterocycles. The van der Waals surface area contributed by atoms with E-state index in [9.17, 15) is 9.59 Å². The van der Waals surface area contributed by atoms with Gasteiger partial charge in [-0.2, -0.15) is 0 Å². The fourth-order valence-corrected chi connectivity index (χ4v) is 0.935. The van der Waals surface area contributed by atoms with Crippen LogP contribution in [0, 0.1) is 5.92 Å². The second kappa shape index (κ2) is 5.56. The third kappa shape index (κ3) is 3.92. The minimum atomic E-state index is -0.566. The summed E-state index contributed by atoms with van der Waals surface area (Å²) in [4.78, 5) is 22.2. The molecular weight excluding hydrogens is 170 g/mol. The Morgan fingerprint density at radius 2 is 1.92 bits per heavy atom. The Morgan fingerprint density at radius 1 is 1.38 bits per heavy atom. The van der Waals surface area contributed by atoms with Gasteiger partial charge in [0.15, 0.2) is 5.78 Å². The van der Waals surface area contributed by atoms with E-state index in [2.05, 4.69) is 10.1 Å². The van der Waals surface area contributed by atoms with Gasteiger partial charge in [-0.1, -0.05) is 13.8 Å². The summed E-state index contributed by atoms with van der Waals surface area (Å²) in [6.45, 7) is 5.44. The van der Waals surface area contributed by atoms with Crippen molar-refractivity contribution in [2.24, 2.45) is 5.92 Å². The molecule has 0 rings (SSSR count). The Morgan fingerprint density at radius 3 is 2.31 bits per heavy atom. The molecule has 0 bridgehead atoms. The fraction of sp³-hybridized carbons (Fsp3) is 0.778. The molecule has 0 spiro atoms. The van der Waals surface area contributed by atoms with Crippen LogP contribution in [0.2, 0.25) is 0 Å². The quantitative estimate of drug-likeness (QED) is 0.722. The summed E-state index contributed by atoms with van der Waals surface area (Å²) in [5.74, 6) is 0.0139. The highest BCUT2D eigenvalue weighted by Gasteiger charge is 2.19. The SMILES string of the molecule is CCC(C)C(=O)C(C)NC(=O)OC. The maximum Gasteiger partial charge on any atom is 0.407 e. The van der Waals surface area contributed by atoms with Gasteiger partial charge in [-0.05, 0) is 13.3 Å². The van der Waals surface area contributed by atoms with Crippen molar-refractivity contribution in [3.8, 4) is 0 Å². The molecule has 0 saturated carbocycles. The predicted octanol–water partition coefficient (Wildman–Crippen LogP) is 1.35. The van der Waals surface area contributed by atoms with Crippen LogP contribution in [0.25, 0.3) is 0 Å². The largest absolute Gasteiger partial charge is 0.453 e. The van der Waals surface area contributed by atoms with E-state index >= 15 is 0 Å². The normalized spacial score (nSPS) is 14.5. The Balaban J connectivity index is 4.03. The first kappa shape index (κ1) is 11.9. The van der Waals surface area contributed by atoms with Crippen LogP contribution in [0.3, 0.4) is 0 Å². The molecule has 0 aliphatic heterocycles. The first-order valence-corrected chi connectivity index (χ1v) is 4.41. The molecule has 2 atom stereocenters. The number of carbonyl (C=O) groups is 2. The van der Waals surface area contributed by atoms with Gasteiger partial charge in [-0.3, -0.25) is 4.79 Å². The fourth-order valence-electron chi connectivity index (χ4n) is 0.935. The van der Waals surface area contributed by atoms with Crippen molar-refractivity contribution in [3.63, 3.8) is 0 Å². The number of rotatable bonds is 4. The molecule has 0 aliphatic carbocycles. The summed E-state index contributed by atoms with van der Waals surface area (Å²) < 4.78 is 4.38. The molecule has 1 N–H and O–H groups in total. The van der Waals surface area contributed by atoms with Crippen LogP contribution in [-0.2, 0) is 9.53 Å². The summed E-state index contributed by atoms with van der Waals surface area (Å²) in [5.41, 5.74) is 0. The molecule has 0 saturated heterocycles. The second-order valence-electron chi connectivity index (χ2n) is 3.07. The lowest BCUT2D eigenvalue weighted by molar-refractivity contribution is -0.124. The van der Waals surface area contributed by atoms with Crippen molar-refractivity contribution < 1.29 is 14.3 Å². The number of hydrogen-bond donors (Lipinski definition) is 1. The standard InChI is InChI=1S/C9H17NO3/c1-5-6(2)8(11)7(3)10-9(12)13-4/h6-7H,5H2,1-4H3,(H,10,12). The highest BCUT2D eigenvalue weighted by molar-refractivity contribution is 5.88. The monoisotopic (exact) mass is 187 g/mol. The van der Waals surface area contributed by atoms with Crippen LogP contribution in [0.15, 0.2) is 0 Å². The molecule has 0 aromatic carbocycles. The third-order valence-corrected chi connectivity index (χ3v) is 2.04. The first-order chi connectivity index (χ1) is 6.02. The minimum Gasteiger partial charge on any atom is -0.453 e. The lowest BCUT2D eigenvalue weighted by Crippen LogP contribution is -2.40. The summed E-state index contributed by atoms with van der Waals surface area (Å²) in [7, 11) is 1.27. The van der Waals surface area contributed by atoms with Crippen LogP contribution in [0.5, 0.6) is 0 Å². The van der Waals surface area contributed by atoms with E-state index < -0.39 is 12.1 Å². The summed E-state index contributed by atoms with van der Waals surface area (Å²) >= 11 is 0. The number of methoxy groups -OCH3 is 1.